The summed E-state index contributed by atoms with van der Waals surface area (Å²) in [6.45, 7) is 10.7. The Morgan fingerprint density at radius 2 is 1.69 bits per heavy atom. The molecule has 0 saturated heterocycles. The maximum Gasteiger partial charge on any atom is 0.0210 e. The molecule has 0 rings (SSSR count). The summed E-state index contributed by atoms with van der Waals surface area (Å²) in [4.78, 5) is 0. The van der Waals surface area contributed by atoms with Crippen molar-refractivity contribution in [1.82, 2.24) is 0 Å². The highest BCUT2D eigenvalue weighted by molar-refractivity contribution is 5.76. The number of hydrogen-bond acceptors (Lipinski definition) is 1. The number of allylic oxidation sites excluding steroid dienone is 4. The normalized spacial score (nSPS) is 12.5. The summed E-state index contributed by atoms with van der Waals surface area (Å²) in [5.41, 5.74) is 2.63. The van der Waals surface area contributed by atoms with Crippen molar-refractivity contribution >= 4 is 6.21 Å². The molecule has 0 aromatic heterocycles. The molecule has 0 saturated carbocycles. The molecule has 0 aromatic carbocycles. The summed E-state index contributed by atoms with van der Waals surface area (Å²) in [6, 6.07) is 0. The van der Waals surface area contributed by atoms with Gasteiger partial charge in [0.05, 0.1) is 0 Å². The Hall–Kier alpha value is -0.850. The Morgan fingerprint density at radius 1 is 1.15 bits per heavy atom. The Labute approximate surface area is 82.1 Å². The van der Waals surface area contributed by atoms with Gasteiger partial charge >= 0.3 is 0 Å². The Morgan fingerprint density at radius 3 is 2.00 bits per heavy atom. The molecule has 0 atom stereocenters. The fraction of sp³-hybridized carbons (Fsp3) is 0.583. The van der Waals surface area contributed by atoms with Crippen molar-refractivity contribution in [1.29, 1.82) is 5.41 Å². The molecule has 0 aliphatic rings. The van der Waals surface area contributed by atoms with E-state index in [4.69, 9.17) is 5.41 Å². The third-order valence-electron chi connectivity index (χ3n) is 1.55. The molecule has 0 heterocycles. The van der Waals surface area contributed by atoms with Gasteiger partial charge in [-0.3, -0.25) is 0 Å². The average molecular weight is 179 g/mol. The third kappa shape index (κ3) is 7.51. The van der Waals surface area contributed by atoms with Gasteiger partial charge in [-0.1, -0.05) is 38.5 Å². The monoisotopic (exact) mass is 179 g/mol. The molecule has 74 valence electrons. The zero-order chi connectivity index (χ0) is 10.5. The lowest BCUT2D eigenvalue weighted by molar-refractivity contribution is 0.416. The van der Waals surface area contributed by atoms with Crippen LogP contribution in [0.3, 0.4) is 0 Å². The first-order valence-electron chi connectivity index (χ1n) is 4.70. The molecular weight excluding hydrogens is 158 g/mol. The van der Waals surface area contributed by atoms with Crippen molar-refractivity contribution in [3.8, 4) is 0 Å². The molecule has 0 fully saturated rings. The Balaban J connectivity index is 4.44. The maximum atomic E-state index is 7.26. The number of rotatable bonds is 3. The number of nitrogens with one attached hydrogen (secondary N) is 1. The van der Waals surface area contributed by atoms with Crippen LogP contribution in [-0.2, 0) is 0 Å². The van der Waals surface area contributed by atoms with Crippen molar-refractivity contribution in [3.63, 3.8) is 0 Å². The Kier molecular flexibility index (Phi) is 4.68. The molecular formula is C12H21N. The van der Waals surface area contributed by atoms with Crippen LogP contribution in [0.25, 0.3) is 0 Å². The minimum absolute atomic E-state index is 0.263. The van der Waals surface area contributed by atoms with Gasteiger partial charge in [-0.2, -0.15) is 0 Å². The molecule has 0 radical (unpaired) electrons. The highest BCUT2D eigenvalue weighted by Crippen LogP contribution is 2.22. The van der Waals surface area contributed by atoms with Crippen molar-refractivity contribution in [2.45, 2.75) is 41.0 Å². The van der Waals surface area contributed by atoms with Crippen molar-refractivity contribution in [2.24, 2.45) is 5.41 Å². The van der Waals surface area contributed by atoms with E-state index in [9.17, 15) is 0 Å². The Bertz CT molecular complexity index is 222. The van der Waals surface area contributed by atoms with Gasteiger partial charge in [0.1, 0.15) is 0 Å². The molecule has 1 N–H and O–H groups in total. The zero-order valence-electron chi connectivity index (χ0n) is 9.44. The van der Waals surface area contributed by atoms with E-state index in [0.29, 0.717) is 0 Å². The van der Waals surface area contributed by atoms with Crippen LogP contribution in [0.2, 0.25) is 0 Å². The summed E-state index contributed by atoms with van der Waals surface area (Å²) in [7, 11) is 0. The van der Waals surface area contributed by atoms with Gasteiger partial charge in [-0.05, 0) is 31.3 Å². The summed E-state index contributed by atoms with van der Waals surface area (Å²) in [5.74, 6) is 0. The molecule has 0 aliphatic heterocycles. The minimum Gasteiger partial charge on any atom is -0.308 e. The fourth-order valence-corrected chi connectivity index (χ4v) is 1.04. The smallest absolute Gasteiger partial charge is 0.0210 e. The molecule has 1 heteroatoms. The lowest BCUT2D eigenvalue weighted by Gasteiger charge is -2.17. The van der Waals surface area contributed by atoms with Gasteiger partial charge in [0, 0.05) is 6.21 Å². The van der Waals surface area contributed by atoms with Gasteiger partial charge in [-0.25, -0.2) is 0 Å². The molecule has 13 heavy (non-hydrogen) atoms. The van der Waals surface area contributed by atoms with Crippen LogP contribution >= 0.6 is 0 Å². The van der Waals surface area contributed by atoms with Crippen molar-refractivity contribution in [3.05, 3.63) is 23.3 Å². The van der Waals surface area contributed by atoms with Gasteiger partial charge < -0.3 is 5.41 Å². The molecule has 0 amide bonds. The SMILES string of the molecule is CC(C)=C/C=C(\C=N)CC(C)(C)C. The molecule has 0 spiro atoms. The standard InChI is InChI=1S/C12H21N/c1-10(2)6-7-11(9-13)8-12(3,4)5/h6-7,9,13H,8H2,1-5H3/b11-7-,13-9?. The quantitative estimate of drug-likeness (QED) is 0.501. The molecule has 0 aromatic rings. The van der Waals surface area contributed by atoms with E-state index < -0.39 is 0 Å². The second kappa shape index (κ2) is 5.00. The van der Waals surface area contributed by atoms with Crippen molar-refractivity contribution in [2.75, 3.05) is 0 Å². The molecule has 0 aliphatic carbocycles. The largest absolute Gasteiger partial charge is 0.308 e. The molecule has 1 nitrogen and oxygen atoms in total. The van der Waals surface area contributed by atoms with E-state index in [1.807, 2.05) is 6.08 Å². The van der Waals surface area contributed by atoms with E-state index in [1.54, 1.807) is 0 Å². The van der Waals surface area contributed by atoms with Crippen LogP contribution in [-0.4, -0.2) is 6.21 Å². The fourth-order valence-electron chi connectivity index (χ4n) is 1.04. The van der Waals surface area contributed by atoms with Crippen LogP contribution in [0, 0.1) is 10.8 Å². The predicted molar refractivity (Wildman–Crippen MR) is 60.4 cm³/mol. The van der Waals surface area contributed by atoms with Crippen LogP contribution in [0.5, 0.6) is 0 Å². The first-order valence-corrected chi connectivity index (χ1v) is 4.70. The van der Waals surface area contributed by atoms with E-state index in [-0.39, 0.29) is 5.41 Å². The van der Waals surface area contributed by atoms with Crippen LogP contribution in [0.1, 0.15) is 41.0 Å². The van der Waals surface area contributed by atoms with Crippen LogP contribution < -0.4 is 0 Å². The average Bonchev–Trinajstić information content (AvgIpc) is 1.95. The lowest BCUT2D eigenvalue weighted by atomic mass is 9.88. The van der Waals surface area contributed by atoms with Gasteiger partial charge in [0.25, 0.3) is 0 Å². The second-order valence-corrected chi connectivity index (χ2v) is 4.87. The summed E-state index contributed by atoms with van der Waals surface area (Å²) >= 11 is 0. The van der Waals surface area contributed by atoms with Crippen LogP contribution in [0.15, 0.2) is 23.3 Å². The highest BCUT2D eigenvalue weighted by Gasteiger charge is 2.11. The first-order chi connectivity index (χ1) is 5.85. The van der Waals surface area contributed by atoms with E-state index >= 15 is 0 Å². The summed E-state index contributed by atoms with van der Waals surface area (Å²) < 4.78 is 0. The third-order valence-corrected chi connectivity index (χ3v) is 1.55. The first kappa shape index (κ1) is 12.2. The van der Waals surface area contributed by atoms with Gasteiger partial charge in [0.15, 0.2) is 0 Å². The van der Waals surface area contributed by atoms with Gasteiger partial charge in [-0.15, -0.1) is 0 Å². The second-order valence-electron chi connectivity index (χ2n) is 4.87. The zero-order valence-corrected chi connectivity index (χ0v) is 9.44. The molecule has 0 unspecified atom stereocenters. The topological polar surface area (TPSA) is 23.9 Å². The van der Waals surface area contributed by atoms with E-state index in [1.165, 1.54) is 11.8 Å². The maximum absolute atomic E-state index is 7.26. The minimum atomic E-state index is 0.263. The van der Waals surface area contributed by atoms with Gasteiger partial charge in [0.2, 0.25) is 0 Å². The predicted octanol–water partition coefficient (Wildman–Crippen LogP) is 3.96. The lowest BCUT2D eigenvalue weighted by Crippen LogP contribution is -2.06. The summed E-state index contributed by atoms with van der Waals surface area (Å²) in [6.07, 6.45) is 6.50. The van der Waals surface area contributed by atoms with Crippen molar-refractivity contribution < 1.29 is 0 Å². The number of hydrogen-bond donors (Lipinski definition) is 1. The van der Waals surface area contributed by atoms with E-state index in [2.05, 4.69) is 40.7 Å². The molecule has 0 bridgehead atoms. The highest BCUT2D eigenvalue weighted by atomic mass is 14.3. The summed E-state index contributed by atoms with van der Waals surface area (Å²) in [5, 5.41) is 7.26. The van der Waals surface area contributed by atoms with E-state index in [0.717, 1.165) is 12.0 Å². The van der Waals surface area contributed by atoms with Crippen LogP contribution in [0.4, 0.5) is 0 Å².